The fraction of sp³-hybridized carbons (Fsp3) is 0.333. The summed E-state index contributed by atoms with van der Waals surface area (Å²) in [6.45, 7) is 2.89. The van der Waals surface area contributed by atoms with E-state index >= 15 is 0 Å². The highest BCUT2D eigenvalue weighted by molar-refractivity contribution is 7.90. The maximum Gasteiger partial charge on any atom is 0.207 e. The Morgan fingerprint density at radius 2 is 1.75 bits per heavy atom. The van der Waals surface area contributed by atoms with E-state index in [1.807, 2.05) is 23.2 Å². The van der Waals surface area contributed by atoms with Crippen LogP contribution in [0.5, 0.6) is 11.5 Å². The van der Waals surface area contributed by atoms with Crippen LogP contribution in [0.2, 0.25) is 0 Å². The van der Waals surface area contributed by atoms with E-state index in [1.165, 1.54) is 12.6 Å². The second-order valence-electron chi connectivity index (χ2n) is 8.19. The molecular formula is C24H27N7O4S. The number of aliphatic imine (C=N–C) groups is 1. The molecule has 0 spiro atoms. The molecule has 3 aromatic rings. The highest BCUT2D eigenvalue weighted by atomic mass is 32.2. The second kappa shape index (κ2) is 10.7. The van der Waals surface area contributed by atoms with Gasteiger partial charge in [-0.25, -0.2) is 23.4 Å². The Bertz CT molecular complexity index is 1410. The number of hydrogen-bond acceptors (Lipinski definition) is 9. The molecular weight excluding hydrogens is 482 g/mol. The summed E-state index contributed by atoms with van der Waals surface area (Å²) >= 11 is 0. The van der Waals surface area contributed by atoms with Crippen LogP contribution >= 0.6 is 0 Å². The number of nitriles is 1. The molecule has 1 saturated heterocycles. The van der Waals surface area contributed by atoms with E-state index in [9.17, 15) is 13.7 Å². The first-order chi connectivity index (χ1) is 17.3. The zero-order valence-corrected chi connectivity index (χ0v) is 21.1. The molecule has 0 saturated carbocycles. The molecule has 2 aromatic carbocycles. The third-order valence-electron chi connectivity index (χ3n) is 5.93. The number of benzene rings is 2. The van der Waals surface area contributed by atoms with Crippen molar-refractivity contribution in [1.82, 2.24) is 20.2 Å². The zero-order chi connectivity index (χ0) is 25.7. The molecule has 1 aliphatic rings. The smallest absolute Gasteiger partial charge is 0.207 e. The highest BCUT2D eigenvalue weighted by Crippen LogP contribution is 2.34. The molecule has 0 unspecified atom stereocenters. The van der Waals surface area contributed by atoms with Crippen LogP contribution in [0.4, 0.5) is 5.82 Å². The Labute approximate surface area is 209 Å². The normalized spacial score (nSPS) is 14.4. The summed E-state index contributed by atoms with van der Waals surface area (Å²) in [5, 5.41) is 12.8. The predicted octanol–water partition coefficient (Wildman–Crippen LogP) is 1.80. The van der Waals surface area contributed by atoms with Crippen LogP contribution in [0.25, 0.3) is 10.9 Å². The van der Waals surface area contributed by atoms with Crippen molar-refractivity contribution in [1.29, 1.82) is 5.26 Å². The molecule has 4 rings (SSSR count). The van der Waals surface area contributed by atoms with Gasteiger partial charge in [0.2, 0.25) is 5.96 Å². The lowest BCUT2D eigenvalue weighted by molar-refractivity contribution is 0.355. The van der Waals surface area contributed by atoms with Crippen LogP contribution in [-0.4, -0.2) is 75.9 Å². The number of hydrogen-bond donors (Lipinski definition) is 1. The van der Waals surface area contributed by atoms with E-state index in [1.54, 1.807) is 38.5 Å². The van der Waals surface area contributed by atoms with Crippen LogP contribution in [-0.2, 0) is 16.4 Å². The first-order valence-corrected chi connectivity index (χ1v) is 13.1. The summed E-state index contributed by atoms with van der Waals surface area (Å²) in [6, 6.07) is 10.3. The molecule has 0 aliphatic carbocycles. The van der Waals surface area contributed by atoms with Gasteiger partial charge in [0, 0.05) is 43.9 Å². The molecule has 1 aliphatic heterocycles. The summed E-state index contributed by atoms with van der Waals surface area (Å²) in [7, 11) is -0.0729. The Kier molecular flexibility index (Phi) is 7.40. The maximum absolute atomic E-state index is 11.7. The Morgan fingerprint density at radius 1 is 1.08 bits per heavy atom. The molecule has 2 heterocycles. The topological polar surface area (TPSA) is 133 Å². The lowest BCUT2D eigenvalue weighted by Gasteiger charge is -2.36. The van der Waals surface area contributed by atoms with Crippen LogP contribution in [0.15, 0.2) is 52.6 Å². The van der Waals surface area contributed by atoms with E-state index in [-0.39, 0.29) is 4.90 Å². The largest absolute Gasteiger partial charge is 0.493 e. The van der Waals surface area contributed by atoms with Gasteiger partial charge in [-0.15, -0.1) is 0 Å². The molecule has 36 heavy (non-hydrogen) atoms. The summed E-state index contributed by atoms with van der Waals surface area (Å²) < 4.78 is 34.2. The number of guanidine groups is 1. The van der Waals surface area contributed by atoms with Crippen molar-refractivity contribution in [2.24, 2.45) is 4.99 Å². The van der Waals surface area contributed by atoms with Gasteiger partial charge in [0.25, 0.3) is 0 Å². The number of nitrogens with one attached hydrogen (secondary N) is 1. The fourth-order valence-corrected chi connectivity index (χ4v) is 4.66. The summed E-state index contributed by atoms with van der Waals surface area (Å²) in [4.78, 5) is 17.9. The number of methoxy groups -OCH3 is 2. The second-order valence-corrected chi connectivity index (χ2v) is 10.2. The SMILES string of the molecule is COc1cc2ncnc(N3CCN(C(=NCc4ccc(S(C)(=O)=O)cc4)NC#N)CC3)c2cc1OC. The first kappa shape index (κ1) is 25.0. The molecule has 0 bridgehead atoms. The van der Waals surface area contributed by atoms with Crippen LogP contribution < -0.4 is 19.7 Å². The maximum atomic E-state index is 11.7. The van der Waals surface area contributed by atoms with E-state index in [0.29, 0.717) is 50.2 Å². The van der Waals surface area contributed by atoms with E-state index in [0.717, 1.165) is 22.3 Å². The summed E-state index contributed by atoms with van der Waals surface area (Å²) in [6.07, 6.45) is 4.67. The number of nitrogens with zero attached hydrogens (tertiary/aromatic N) is 6. The zero-order valence-electron chi connectivity index (χ0n) is 20.3. The lowest BCUT2D eigenvalue weighted by atomic mass is 10.2. The van der Waals surface area contributed by atoms with E-state index in [4.69, 9.17) is 9.47 Å². The van der Waals surface area contributed by atoms with Crippen molar-refractivity contribution in [2.75, 3.05) is 51.6 Å². The van der Waals surface area contributed by atoms with Crippen LogP contribution in [0.3, 0.4) is 0 Å². The van der Waals surface area contributed by atoms with Crippen LogP contribution in [0, 0.1) is 11.5 Å². The molecule has 0 amide bonds. The van der Waals surface area contributed by atoms with E-state index in [2.05, 4.69) is 25.2 Å². The molecule has 1 aromatic heterocycles. The average Bonchev–Trinajstić information content (AvgIpc) is 2.89. The van der Waals surface area contributed by atoms with Gasteiger partial charge in [-0.05, 0) is 23.8 Å². The number of sulfone groups is 1. The molecule has 1 N–H and O–H groups in total. The van der Waals surface area contributed by atoms with Gasteiger partial charge in [-0.2, -0.15) is 5.26 Å². The minimum atomic E-state index is -3.25. The third kappa shape index (κ3) is 5.41. The molecule has 0 atom stereocenters. The molecule has 1 fully saturated rings. The van der Waals surface area contributed by atoms with Gasteiger partial charge < -0.3 is 19.3 Å². The molecule has 12 heteroatoms. The monoisotopic (exact) mass is 509 g/mol. The minimum Gasteiger partial charge on any atom is -0.493 e. The average molecular weight is 510 g/mol. The number of piperazine rings is 1. The standard InChI is InChI=1S/C24H27N7O4S/c1-34-21-12-19-20(13-22(21)35-2)28-16-29-23(19)30-8-10-31(11-9-30)24(27-15-25)26-14-17-4-6-18(7-5-17)36(3,32)33/h4-7,12-13,16H,8-11,14H2,1-3H3,(H,26,27). The van der Waals surface area contributed by atoms with Crippen molar-refractivity contribution in [2.45, 2.75) is 11.4 Å². The Morgan fingerprint density at radius 3 is 2.36 bits per heavy atom. The molecule has 188 valence electrons. The summed E-state index contributed by atoms with van der Waals surface area (Å²) in [5.74, 6) is 2.49. The minimum absolute atomic E-state index is 0.259. The first-order valence-electron chi connectivity index (χ1n) is 11.2. The third-order valence-corrected chi connectivity index (χ3v) is 7.06. The van der Waals surface area contributed by atoms with Crippen molar-refractivity contribution in [3.63, 3.8) is 0 Å². The van der Waals surface area contributed by atoms with Crippen molar-refractivity contribution >= 4 is 32.5 Å². The Balaban J connectivity index is 1.48. The van der Waals surface area contributed by atoms with Crippen LogP contribution in [0.1, 0.15) is 5.56 Å². The number of fused-ring (bicyclic) bond motifs is 1. The van der Waals surface area contributed by atoms with Gasteiger partial charge in [0.05, 0.1) is 31.2 Å². The number of rotatable bonds is 6. The van der Waals surface area contributed by atoms with Gasteiger partial charge in [0.15, 0.2) is 27.5 Å². The van der Waals surface area contributed by atoms with E-state index < -0.39 is 9.84 Å². The fourth-order valence-electron chi connectivity index (χ4n) is 4.03. The van der Waals surface area contributed by atoms with Gasteiger partial charge >= 0.3 is 0 Å². The number of ether oxygens (including phenoxy) is 2. The molecule has 0 radical (unpaired) electrons. The number of aromatic nitrogens is 2. The predicted molar refractivity (Wildman–Crippen MR) is 136 cm³/mol. The highest BCUT2D eigenvalue weighted by Gasteiger charge is 2.23. The van der Waals surface area contributed by atoms with Gasteiger partial charge in [0.1, 0.15) is 12.1 Å². The van der Waals surface area contributed by atoms with Crippen molar-refractivity contribution < 1.29 is 17.9 Å². The van der Waals surface area contributed by atoms with Crippen molar-refractivity contribution in [3.8, 4) is 17.7 Å². The van der Waals surface area contributed by atoms with Crippen molar-refractivity contribution in [3.05, 3.63) is 48.3 Å². The lowest BCUT2D eigenvalue weighted by Crippen LogP contribution is -2.52. The van der Waals surface area contributed by atoms with Gasteiger partial charge in [-0.3, -0.25) is 5.32 Å². The molecule has 11 nitrogen and oxygen atoms in total. The summed E-state index contributed by atoms with van der Waals surface area (Å²) in [5.41, 5.74) is 1.60. The Hall–Kier alpha value is -4.11. The quantitative estimate of drug-likeness (QED) is 0.227. The van der Waals surface area contributed by atoms with Gasteiger partial charge in [-0.1, -0.05) is 12.1 Å². The number of anilines is 1.